The third-order valence-electron chi connectivity index (χ3n) is 6.21. The van der Waals surface area contributed by atoms with Crippen molar-refractivity contribution < 1.29 is 14.3 Å². The molecule has 0 unspecified atom stereocenters. The molecule has 31 heavy (non-hydrogen) atoms. The lowest BCUT2D eigenvalue weighted by molar-refractivity contribution is -0.155. The summed E-state index contributed by atoms with van der Waals surface area (Å²) in [5, 5.41) is 0. The molecule has 4 nitrogen and oxygen atoms in total. The van der Waals surface area contributed by atoms with Gasteiger partial charge in [0.2, 0.25) is 5.91 Å². The Hall–Kier alpha value is -3.40. The molecule has 0 aromatic heterocycles. The molecule has 1 aliphatic heterocycles. The molecule has 4 heteroatoms. The maximum absolute atomic E-state index is 13.3. The van der Waals surface area contributed by atoms with Gasteiger partial charge in [-0.3, -0.25) is 9.59 Å². The van der Waals surface area contributed by atoms with E-state index in [1.807, 2.05) is 60.7 Å². The highest BCUT2D eigenvalue weighted by Gasteiger charge is 2.44. The monoisotopic (exact) mass is 413 g/mol. The van der Waals surface area contributed by atoms with Gasteiger partial charge in [-0.25, -0.2) is 0 Å². The number of ether oxygens (including phenoxy) is 1. The summed E-state index contributed by atoms with van der Waals surface area (Å²) in [6.45, 7) is 2.93. The second kappa shape index (κ2) is 9.17. The maximum Gasteiger partial charge on any atom is 0.317 e. The minimum absolute atomic E-state index is 0.0496. The molecule has 1 saturated heterocycles. The van der Waals surface area contributed by atoms with Crippen molar-refractivity contribution in [1.29, 1.82) is 0 Å². The lowest BCUT2D eigenvalue weighted by atomic mass is 9.72. The van der Waals surface area contributed by atoms with Gasteiger partial charge in [0.05, 0.1) is 5.41 Å². The van der Waals surface area contributed by atoms with Gasteiger partial charge < -0.3 is 9.64 Å². The van der Waals surface area contributed by atoms with Crippen LogP contribution in [0.25, 0.3) is 11.1 Å². The van der Waals surface area contributed by atoms with Crippen LogP contribution in [0.1, 0.15) is 30.9 Å². The minimum atomic E-state index is -0.711. The van der Waals surface area contributed by atoms with Crippen molar-refractivity contribution in [3.05, 3.63) is 96.1 Å². The van der Waals surface area contributed by atoms with E-state index >= 15 is 0 Å². The average molecular weight is 414 g/mol. The van der Waals surface area contributed by atoms with Gasteiger partial charge in [-0.1, -0.05) is 84.9 Å². The molecular formula is C27H27NO3. The van der Waals surface area contributed by atoms with Crippen molar-refractivity contribution in [2.75, 3.05) is 13.1 Å². The Bertz CT molecular complexity index is 1020. The van der Waals surface area contributed by atoms with Gasteiger partial charge in [-0.15, -0.1) is 0 Å². The van der Waals surface area contributed by atoms with Crippen LogP contribution >= 0.6 is 0 Å². The Morgan fingerprint density at radius 2 is 1.35 bits per heavy atom. The summed E-state index contributed by atoms with van der Waals surface area (Å²) in [5.74, 6) is -0.164. The summed E-state index contributed by atoms with van der Waals surface area (Å²) in [5.41, 5.74) is 3.50. The molecule has 0 N–H and O–H groups in total. The highest BCUT2D eigenvalue weighted by atomic mass is 16.5. The van der Waals surface area contributed by atoms with E-state index in [4.69, 9.17) is 4.74 Å². The highest BCUT2D eigenvalue weighted by Crippen LogP contribution is 2.37. The molecule has 4 rings (SSSR count). The van der Waals surface area contributed by atoms with E-state index in [-0.39, 0.29) is 18.5 Å². The maximum atomic E-state index is 13.3. The number of esters is 1. The molecule has 0 spiro atoms. The lowest BCUT2D eigenvalue weighted by Gasteiger charge is -2.40. The Morgan fingerprint density at radius 1 is 0.806 bits per heavy atom. The molecule has 1 fully saturated rings. The zero-order valence-corrected chi connectivity index (χ0v) is 17.8. The average Bonchev–Trinajstić information content (AvgIpc) is 2.84. The second-order valence-corrected chi connectivity index (χ2v) is 8.09. The number of carbonyl (C=O) groups is 2. The highest BCUT2D eigenvalue weighted by molar-refractivity contribution is 5.84. The first kappa shape index (κ1) is 20.9. The molecule has 3 aromatic carbocycles. The van der Waals surface area contributed by atoms with Crippen LogP contribution in [0.15, 0.2) is 84.9 Å². The summed E-state index contributed by atoms with van der Waals surface area (Å²) in [6, 6.07) is 28.1. The zero-order chi connectivity index (χ0) is 21.7. The molecule has 1 heterocycles. The van der Waals surface area contributed by atoms with Crippen LogP contribution in [0.3, 0.4) is 0 Å². The number of nitrogens with zero attached hydrogens (tertiary/aromatic N) is 1. The Morgan fingerprint density at radius 3 is 1.94 bits per heavy atom. The summed E-state index contributed by atoms with van der Waals surface area (Å²) in [7, 11) is 0. The number of hydrogen-bond donors (Lipinski definition) is 0. The minimum Gasteiger partial charge on any atom is -0.460 e. The van der Waals surface area contributed by atoms with Crippen LogP contribution in [0.4, 0.5) is 0 Å². The van der Waals surface area contributed by atoms with Crippen molar-refractivity contribution in [3.8, 4) is 11.1 Å². The van der Waals surface area contributed by atoms with Gasteiger partial charge >= 0.3 is 5.97 Å². The molecule has 0 radical (unpaired) electrons. The Labute approximate surface area is 183 Å². The predicted molar refractivity (Wildman–Crippen MR) is 121 cm³/mol. The van der Waals surface area contributed by atoms with E-state index in [0.717, 1.165) is 22.3 Å². The van der Waals surface area contributed by atoms with Crippen LogP contribution < -0.4 is 0 Å². The van der Waals surface area contributed by atoms with Crippen LogP contribution in [0, 0.1) is 0 Å². The van der Waals surface area contributed by atoms with Crippen LogP contribution in [-0.4, -0.2) is 29.9 Å². The summed E-state index contributed by atoms with van der Waals surface area (Å²) >= 11 is 0. The molecule has 1 amide bonds. The van der Waals surface area contributed by atoms with E-state index in [1.165, 1.54) is 0 Å². The van der Waals surface area contributed by atoms with Crippen molar-refractivity contribution in [3.63, 3.8) is 0 Å². The van der Waals surface area contributed by atoms with Gasteiger partial charge in [-0.05, 0) is 35.1 Å². The van der Waals surface area contributed by atoms with Crippen molar-refractivity contribution in [2.45, 2.75) is 31.8 Å². The number of likely N-dealkylation sites (tertiary alicyclic amines) is 1. The molecular weight excluding hydrogens is 386 g/mol. The smallest absolute Gasteiger partial charge is 0.317 e. The number of rotatable bonds is 5. The van der Waals surface area contributed by atoms with E-state index < -0.39 is 5.41 Å². The normalized spacial score (nSPS) is 15.3. The van der Waals surface area contributed by atoms with Crippen molar-refractivity contribution >= 4 is 11.9 Å². The SMILES string of the molecule is CC(=O)N1CCC(C(=O)OCc2ccc(-c3ccccc3)cc2)(c2ccccc2)CC1. The molecule has 0 saturated carbocycles. The van der Waals surface area contributed by atoms with Crippen LogP contribution in [0.5, 0.6) is 0 Å². The number of hydrogen-bond acceptors (Lipinski definition) is 3. The largest absolute Gasteiger partial charge is 0.460 e. The fourth-order valence-electron chi connectivity index (χ4n) is 4.28. The fourth-order valence-corrected chi connectivity index (χ4v) is 4.28. The second-order valence-electron chi connectivity index (χ2n) is 8.09. The van der Waals surface area contributed by atoms with E-state index in [0.29, 0.717) is 25.9 Å². The quantitative estimate of drug-likeness (QED) is 0.555. The van der Waals surface area contributed by atoms with Crippen LogP contribution in [-0.2, 0) is 26.3 Å². The Balaban J connectivity index is 1.48. The van der Waals surface area contributed by atoms with Crippen LogP contribution in [0.2, 0.25) is 0 Å². The fraction of sp³-hybridized carbons (Fsp3) is 0.259. The third kappa shape index (κ3) is 4.53. The standard InChI is InChI=1S/C27H27NO3/c1-21(29)28-18-16-27(17-19-28,25-10-6-3-7-11-25)26(30)31-20-22-12-14-24(15-13-22)23-8-4-2-5-9-23/h2-15H,16-20H2,1H3. The first-order valence-electron chi connectivity index (χ1n) is 10.7. The third-order valence-corrected chi connectivity index (χ3v) is 6.21. The number of amides is 1. The summed E-state index contributed by atoms with van der Waals surface area (Å²) in [6.07, 6.45) is 1.14. The van der Waals surface area contributed by atoms with Crippen molar-refractivity contribution in [2.24, 2.45) is 0 Å². The molecule has 0 bridgehead atoms. The number of carbonyl (C=O) groups excluding carboxylic acids is 2. The van der Waals surface area contributed by atoms with Crippen molar-refractivity contribution in [1.82, 2.24) is 4.90 Å². The Kier molecular flexibility index (Phi) is 6.17. The van der Waals surface area contributed by atoms with E-state index in [2.05, 4.69) is 24.3 Å². The van der Waals surface area contributed by atoms with Gasteiger partial charge in [-0.2, -0.15) is 0 Å². The predicted octanol–water partition coefficient (Wildman–Crippen LogP) is 4.98. The molecule has 0 atom stereocenters. The van der Waals surface area contributed by atoms with Gasteiger partial charge in [0.15, 0.2) is 0 Å². The van der Waals surface area contributed by atoms with Gasteiger partial charge in [0, 0.05) is 20.0 Å². The first-order valence-corrected chi connectivity index (χ1v) is 10.7. The molecule has 0 aliphatic carbocycles. The molecule has 3 aromatic rings. The summed E-state index contributed by atoms with van der Waals surface area (Å²) in [4.78, 5) is 26.9. The van der Waals surface area contributed by atoms with Gasteiger partial charge in [0.1, 0.15) is 6.61 Å². The number of piperidine rings is 1. The molecule has 158 valence electrons. The summed E-state index contributed by atoms with van der Waals surface area (Å²) < 4.78 is 5.82. The lowest BCUT2D eigenvalue weighted by Crippen LogP contribution is -2.49. The van der Waals surface area contributed by atoms with E-state index in [1.54, 1.807) is 11.8 Å². The van der Waals surface area contributed by atoms with E-state index in [9.17, 15) is 9.59 Å². The van der Waals surface area contributed by atoms with Gasteiger partial charge in [0.25, 0.3) is 0 Å². The number of benzene rings is 3. The zero-order valence-electron chi connectivity index (χ0n) is 17.8. The first-order chi connectivity index (χ1) is 15.1. The molecule has 1 aliphatic rings. The topological polar surface area (TPSA) is 46.6 Å².